The minimum atomic E-state index is -0.461. The number of aliphatic hydroxyl groups is 1. The predicted octanol–water partition coefficient (Wildman–Crippen LogP) is 1.81. The van der Waals surface area contributed by atoms with Crippen LogP contribution in [0.4, 0.5) is 0 Å². The first-order chi connectivity index (χ1) is 8.79. The molecule has 0 amide bonds. The minimum Gasteiger partial charge on any atom is -0.388 e. The summed E-state index contributed by atoms with van der Waals surface area (Å²) in [5, 5.41) is 10.4. The molecule has 2 aliphatic heterocycles. The number of rotatable bonds is 2. The van der Waals surface area contributed by atoms with Gasteiger partial charge in [-0.2, -0.15) is 11.8 Å². The Morgan fingerprint density at radius 2 is 2.28 bits per heavy atom. The van der Waals surface area contributed by atoms with Gasteiger partial charge >= 0.3 is 0 Å². The summed E-state index contributed by atoms with van der Waals surface area (Å²) in [6, 6.07) is 0. The molecule has 0 saturated carbocycles. The van der Waals surface area contributed by atoms with Crippen LogP contribution in [0, 0.1) is 5.92 Å². The van der Waals surface area contributed by atoms with E-state index >= 15 is 0 Å². The summed E-state index contributed by atoms with van der Waals surface area (Å²) in [5.74, 6) is 2.52. The lowest BCUT2D eigenvalue weighted by Crippen LogP contribution is -2.41. The van der Waals surface area contributed by atoms with Gasteiger partial charge in [0.1, 0.15) is 6.33 Å². The Bertz CT molecular complexity index is 395. The molecule has 0 aromatic carbocycles. The summed E-state index contributed by atoms with van der Waals surface area (Å²) in [4.78, 5) is 7.97. The Hall–Kier alpha value is -0.650. The maximum atomic E-state index is 10.4. The fraction of sp³-hybridized carbons (Fsp3) is 0.692. The van der Waals surface area contributed by atoms with Crippen molar-refractivity contribution >= 4 is 11.8 Å². The predicted molar refractivity (Wildman–Crippen MR) is 70.3 cm³/mol. The number of hydrogen-bond acceptors (Lipinski definition) is 5. The van der Waals surface area contributed by atoms with Crippen molar-refractivity contribution in [3.8, 4) is 0 Å². The number of aromatic nitrogens is 2. The lowest BCUT2D eigenvalue weighted by atomic mass is 9.81. The molecule has 1 N–H and O–H groups in total. The molecule has 2 aliphatic rings. The highest BCUT2D eigenvalue weighted by molar-refractivity contribution is 7.99. The van der Waals surface area contributed by atoms with Gasteiger partial charge in [-0.3, -0.25) is 0 Å². The Morgan fingerprint density at radius 1 is 1.44 bits per heavy atom. The molecule has 0 bridgehead atoms. The lowest BCUT2D eigenvalue weighted by molar-refractivity contribution is -0.102. The van der Waals surface area contributed by atoms with Crippen LogP contribution >= 0.6 is 11.8 Å². The second kappa shape index (κ2) is 5.15. The fourth-order valence-corrected chi connectivity index (χ4v) is 4.31. The van der Waals surface area contributed by atoms with E-state index in [0.29, 0.717) is 0 Å². The standard InChI is InChI=1S/C13H18N2O2S/c16-12(11-6-14-9-15-7-11)10-1-3-17-13(5-10)2-4-18-8-13/h6-7,9-10,12,16H,1-5,8H2. The zero-order chi connectivity index (χ0) is 12.4. The van der Waals surface area contributed by atoms with Crippen molar-refractivity contribution in [3.63, 3.8) is 0 Å². The Balaban J connectivity index is 1.72. The van der Waals surface area contributed by atoms with Crippen molar-refractivity contribution in [2.75, 3.05) is 18.1 Å². The van der Waals surface area contributed by atoms with Crippen LogP contribution in [-0.4, -0.2) is 38.8 Å². The molecule has 98 valence electrons. The Kier molecular flexibility index (Phi) is 3.54. The van der Waals surface area contributed by atoms with E-state index in [1.54, 1.807) is 12.4 Å². The largest absolute Gasteiger partial charge is 0.388 e. The molecule has 0 radical (unpaired) electrons. The Morgan fingerprint density at radius 3 is 3.00 bits per heavy atom. The minimum absolute atomic E-state index is 0.0181. The molecule has 1 spiro atoms. The van der Waals surface area contributed by atoms with E-state index in [-0.39, 0.29) is 11.5 Å². The monoisotopic (exact) mass is 266 g/mol. The van der Waals surface area contributed by atoms with Gasteiger partial charge in [0.05, 0.1) is 11.7 Å². The molecule has 1 aromatic rings. The molecule has 2 fully saturated rings. The highest BCUT2D eigenvalue weighted by atomic mass is 32.2. The fourth-order valence-electron chi connectivity index (χ4n) is 2.93. The van der Waals surface area contributed by atoms with Gasteiger partial charge in [-0.05, 0) is 30.9 Å². The molecule has 18 heavy (non-hydrogen) atoms. The first kappa shape index (κ1) is 12.4. The lowest BCUT2D eigenvalue weighted by Gasteiger charge is -2.39. The molecule has 4 nitrogen and oxygen atoms in total. The summed E-state index contributed by atoms with van der Waals surface area (Å²) in [6.07, 6.45) is 7.45. The van der Waals surface area contributed by atoms with E-state index in [0.717, 1.165) is 37.2 Å². The zero-order valence-electron chi connectivity index (χ0n) is 10.3. The average molecular weight is 266 g/mol. The second-order valence-electron chi connectivity index (χ2n) is 5.20. The van der Waals surface area contributed by atoms with E-state index < -0.39 is 6.10 Å². The number of thioether (sulfide) groups is 1. The maximum Gasteiger partial charge on any atom is 0.115 e. The van der Waals surface area contributed by atoms with Gasteiger partial charge in [-0.1, -0.05) is 0 Å². The summed E-state index contributed by atoms with van der Waals surface area (Å²) in [6.45, 7) is 0.760. The van der Waals surface area contributed by atoms with E-state index in [2.05, 4.69) is 9.97 Å². The molecule has 3 heterocycles. The van der Waals surface area contributed by atoms with Gasteiger partial charge in [0.2, 0.25) is 0 Å². The summed E-state index contributed by atoms with van der Waals surface area (Å²) in [5.41, 5.74) is 0.842. The SMILES string of the molecule is OC(c1cncnc1)C1CCOC2(CCSC2)C1. The first-order valence-electron chi connectivity index (χ1n) is 6.44. The number of nitrogens with zero attached hydrogens (tertiary/aromatic N) is 2. The third-order valence-corrected chi connectivity index (χ3v) is 5.19. The van der Waals surface area contributed by atoms with Gasteiger partial charge in [0.25, 0.3) is 0 Å². The van der Waals surface area contributed by atoms with Gasteiger partial charge < -0.3 is 9.84 Å². The van der Waals surface area contributed by atoms with Gasteiger partial charge in [-0.15, -0.1) is 0 Å². The van der Waals surface area contributed by atoms with Crippen molar-refractivity contribution in [1.82, 2.24) is 9.97 Å². The number of ether oxygens (including phenoxy) is 1. The van der Waals surface area contributed by atoms with E-state index in [9.17, 15) is 5.11 Å². The molecular formula is C13H18N2O2S. The molecule has 0 aliphatic carbocycles. The molecule has 3 atom stereocenters. The Labute approximate surface area is 111 Å². The maximum absolute atomic E-state index is 10.4. The topological polar surface area (TPSA) is 55.2 Å². The van der Waals surface area contributed by atoms with E-state index in [1.165, 1.54) is 12.1 Å². The van der Waals surface area contributed by atoms with Gasteiger partial charge in [-0.25, -0.2) is 9.97 Å². The molecule has 5 heteroatoms. The quantitative estimate of drug-likeness (QED) is 0.885. The van der Waals surface area contributed by atoms with E-state index in [4.69, 9.17) is 4.74 Å². The van der Waals surface area contributed by atoms with Gasteiger partial charge in [0.15, 0.2) is 0 Å². The van der Waals surface area contributed by atoms with Crippen LogP contribution in [-0.2, 0) is 4.74 Å². The third-order valence-electron chi connectivity index (χ3n) is 3.97. The van der Waals surface area contributed by atoms with Crippen molar-refractivity contribution in [3.05, 3.63) is 24.3 Å². The van der Waals surface area contributed by atoms with Crippen molar-refractivity contribution in [1.29, 1.82) is 0 Å². The van der Waals surface area contributed by atoms with Crippen LogP contribution in [0.1, 0.15) is 30.9 Å². The van der Waals surface area contributed by atoms with Gasteiger partial charge in [0, 0.05) is 30.3 Å². The highest BCUT2D eigenvalue weighted by Gasteiger charge is 2.42. The molecule has 1 aromatic heterocycles. The average Bonchev–Trinajstić information content (AvgIpc) is 2.87. The summed E-state index contributed by atoms with van der Waals surface area (Å²) in [7, 11) is 0. The zero-order valence-corrected chi connectivity index (χ0v) is 11.1. The van der Waals surface area contributed by atoms with Crippen LogP contribution < -0.4 is 0 Å². The molecule has 3 unspecified atom stereocenters. The van der Waals surface area contributed by atoms with Crippen LogP contribution in [0.15, 0.2) is 18.7 Å². The van der Waals surface area contributed by atoms with Crippen molar-refractivity contribution < 1.29 is 9.84 Å². The van der Waals surface area contributed by atoms with E-state index in [1.807, 2.05) is 11.8 Å². The molecule has 3 rings (SSSR count). The second-order valence-corrected chi connectivity index (χ2v) is 6.31. The third kappa shape index (κ3) is 2.39. The molecular weight excluding hydrogens is 248 g/mol. The van der Waals surface area contributed by atoms with Crippen LogP contribution in [0.2, 0.25) is 0 Å². The van der Waals surface area contributed by atoms with Crippen LogP contribution in [0.5, 0.6) is 0 Å². The summed E-state index contributed by atoms with van der Waals surface area (Å²) < 4.78 is 5.98. The first-order valence-corrected chi connectivity index (χ1v) is 7.59. The number of hydrogen-bond donors (Lipinski definition) is 1. The van der Waals surface area contributed by atoms with Crippen LogP contribution in [0.25, 0.3) is 0 Å². The molecule has 2 saturated heterocycles. The number of aliphatic hydroxyl groups excluding tert-OH is 1. The normalized spacial score (nSPS) is 33.7. The van der Waals surface area contributed by atoms with Crippen LogP contribution in [0.3, 0.4) is 0 Å². The smallest absolute Gasteiger partial charge is 0.115 e. The van der Waals surface area contributed by atoms with Crippen molar-refractivity contribution in [2.24, 2.45) is 5.92 Å². The summed E-state index contributed by atoms with van der Waals surface area (Å²) >= 11 is 1.96. The van der Waals surface area contributed by atoms with Crippen molar-refractivity contribution in [2.45, 2.75) is 31.0 Å². The highest BCUT2D eigenvalue weighted by Crippen LogP contribution is 2.43.